The monoisotopic (exact) mass is 430 g/mol. The Hall–Kier alpha value is -4.26. The molecule has 0 atom stereocenters. The molecule has 7 heteroatoms. The zero-order valence-corrected chi connectivity index (χ0v) is 17.9. The second kappa shape index (κ2) is 8.85. The fraction of sp³-hybridized carbons (Fsp3) is 0.120. The van der Waals surface area contributed by atoms with Crippen LogP contribution in [0.25, 0.3) is 5.57 Å². The first kappa shape index (κ1) is 21.0. The molecule has 1 N–H and O–H groups in total. The molecule has 1 aliphatic heterocycles. The molecule has 0 fully saturated rings. The predicted octanol–water partition coefficient (Wildman–Crippen LogP) is 4.11. The summed E-state index contributed by atoms with van der Waals surface area (Å²) in [5.41, 5.74) is 2.00. The number of rotatable bonds is 7. The van der Waals surface area contributed by atoms with Gasteiger partial charge in [0.05, 0.1) is 38.3 Å². The van der Waals surface area contributed by atoms with Gasteiger partial charge in [-0.1, -0.05) is 30.3 Å². The number of imide groups is 1. The highest BCUT2D eigenvalue weighted by Gasteiger charge is 2.40. The first-order chi connectivity index (χ1) is 15.6. The molecule has 32 heavy (non-hydrogen) atoms. The van der Waals surface area contributed by atoms with Crippen molar-refractivity contribution in [3.63, 3.8) is 0 Å². The average molecular weight is 430 g/mol. The van der Waals surface area contributed by atoms with Crippen molar-refractivity contribution in [2.75, 3.05) is 31.5 Å². The van der Waals surface area contributed by atoms with Crippen molar-refractivity contribution in [1.82, 2.24) is 0 Å². The topological polar surface area (TPSA) is 77.1 Å². The van der Waals surface area contributed by atoms with Gasteiger partial charge in [0.25, 0.3) is 11.8 Å². The number of hydrogen-bond acceptors (Lipinski definition) is 6. The Balaban J connectivity index is 1.83. The lowest BCUT2D eigenvalue weighted by Crippen LogP contribution is -2.32. The maximum Gasteiger partial charge on any atom is 0.282 e. The maximum absolute atomic E-state index is 13.5. The van der Waals surface area contributed by atoms with Crippen molar-refractivity contribution in [2.24, 2.45) is 0 Å². The number of amides is 2. The Morgan fingerprint density at radius 2 is 1.44 bits per heavy atom. The number of benzene rings is 3. The summed E-state index contributed by atoms with van der Waals surface area (Å²) in [6, 6.07) is 21.0. The Morgan fingerprint density at radius 1 is 0.719 bits per heavy atom. The minimum absolute atomic E-state index is 0.160. The summed E-state index contributed by atoms with van der Waals surface area (Å²) in [5, 5.41) is 3.13. The van der Waals surface area contributed by atoms with Gasteiger partial charge in [0.1, 0.15) is 22.9 Å². The van der Waals surface area contributed by atoms with Gasteiger partial charge in [0, 0.05) is 6.07 Å². The maximum atomic E-state index is 13.5. The quantitative estimate of drug-likeness (QED) is 0.569. The molecule has 4 rings (SSSR count). The third-order valence-electron chi connectivity index (χ3n) is 5.14. The minimum atomic E-state index is -0.472. The van der Waals surface area contributed by atoms with Crippen LogP contribution < -0.4 is 24.4 Å². The predicted molar refractivity (Wildman–Crippen MR) is 122 cm³/mol. The van der Waals surface area contributed by atoms with Crippen molar-refractivity contribution in [3.05, 3.63) is 84.1 Å². The van der Waals surface area contributed by atoms with Crippen LogP contribution in [0.1, 0.15) is 5.56 Å². The van der Waals surface area contributed by atoms with Gasteiger partial charge >= 0.3 is 0 Å². The van der Waals surface area contributed by atoms with Gasteiger partial charge in [0.15, 0.2) is 0 Å². The highest BCUT2D eigenvalue weighted by molar-refractivity contribution is 6.46. The van der Waals surface area contributed by atoms with Gasteiger partial charge in [-0.3, -0.25) is 9.59 Å². The second-order valence-electron chi connectivity index (χ2n) is 6.95. The van der Waals surface area contributed by atoms with E-state index in [9.17, 15) is 9.59 Å². The van der Waals surface area contributed by atoms with Crippen LogP contribution in [0.4, 0.5) is 11.4 Å². The second-order valence-corrected chi connectivity index (χ2v) is 6.95. The standard InChI is InChI=1S/C25H22N2O5/c1-30-18-13-11-16(12-14-18)22-23(26-20-9-4-5-10-21(20)32-3)25(29)27(24(22)28)17-7-6-8-19(15-17)31-2/h4-15,26H,1-3H3. The molecule has 0 saturated carbocycles. The first-order valence-electron chi connectivity index (χ1n) is 9.89. The van der Waals surface area contributed by atoms with Gasteiger partial charge in [-0.15, -0.1) is 0 Å². The van der Waals surface area contributed by atoms with Crippen molar-refractivity contribution in [2.45, 2.75) is 0 Å². The summed E-state index contributed by atoms with van der Waals surface area (Å²) in [7, 11) is 4.64. The zero-order valence-electron chi connectivity index (χ0n) is 17.9. The Bertz CT molecular complexity index is 1200. The summed E-state index contributed by atoms with van der Waals surface area (Å²) in [6.45, 7) is 0. The molecule has 0 saturated heterocycles. The SMILES string of the molecule is COc1ccc(C2=C(Nc3ccccc3OC)C(=O)N(c3cccc(OC)c3)C2=O)cc1. The molecule has 1 heterocycles. The third kappa shape index (κ3) is 3.76. The van der Waals surface area contributed by atoms with Crippen molar-refractivity contribution >= 4 is 28.8 Å². The summed E-state index contributed by atoms with van der Waals surface area (Å²) in [4.78, 5) is 28.2. The van der Waals surface area contributed by atoms with Crippen LogP contribution >= 0.6 is 0 Å². The van der Waals surface area contributed by atoms with Crippen LogP contribution in [-0.2, 0) is 9.59 Å². The first-order valence-corrected chi connectivity index (χ1v) is 9.89. The molecule has 7 nitrogen and oxygen atoms in total. The van der Waals surface area contributed by atoms with Gasteiger partial charge < -0.3 is 19.5 Å². The molecule has 162 valence electrons. The summed E-state index contributed by atoms with van der Waals surface area (Å²) >= 11 is 0. The fourth-order valence-corrected chi connectivity index (χ4v) is 3.54. The van der Waals surface area contributed by atoms with Gasteiger partial charge in [-0.2, -0.15) is 0 Å². The average Bonchev–Trinajstić information content (AvgIpc) is 3.08. The van der Waals surface area contributed by atoms with Crippen molar-refractivity contribution < 1.29 is 23.8 Å². The van der Waals surface area contributed by atoms with Crippen LogP contribution in [0.3, 0.4) is 0 Å². The molecule has 1 aliphatic rings. The Morgan fingerprint density at radius 3 is 2.12 bits per heavy atom. The summed E-state index contributed by atoms with van der Waals surface area (Å²) in [6.07, 6.45) is 0. The van der Waals surface area contributed by atoms with E-state index in [0.717, 1.165) is 4.90 Å². The lowest BCUT2D eigenvalue weighted by atomic mass is 10.0. The summed E-state index contributed by atoms with van der Waals surface area (Å²) in [5.74, 6) is 0.829. The molecule has 0 unspecified atom stereocenters. The van der Waals surface area contributed by atoms with Gasteiger partial charge in [0.2, 0.25) is 0 Å². The lowest BCUT2D eigenvalue weighted by molar-refractivity contribution is -0.120. The van der Waals surface area contributed by atoms with Crippen molar-refractivity contribution in [3.8, 4) is 17.2 Å². The van der Waals surface area contributed by atoms with Crippen LogP contribution in [0.5, 0.6) is 17.2 Å². The number of methoxy groups -OCH3 is 3. The van der Waals surface area contributed by atoms with Gasteiger partial charge in [-0.05, 0) is 42.0 Å². The molecule has 0 bridgehead atoms. The summed E-state index contributed by atoms with van der Waals surface area (Å²) < 4.78 is 15.9. The smallest absolute Gasteiger partial charge is 0.282 e. The molecule has 3 aromatic rings. The molecule has 0 spiro atoms. The van der Waals surface area contributed by atoms with E-state index in [-0.39, 0.29) is 11.3 Å². The van der Waals surface area contributed by atoms with E-state index < -0.39 is 11.8 Å². The van der Waals surface area contributed by atoms with Gasteiger partial charge in [-0.25, -0.2) is 4.90 Å². The highest BCUT2D eigenvalue weighted by Crippen LogP contribution is 2.36. The Labute approximate surface area is 185 Å². The normalized spacial score (nSPS) is 13.4. The van der Waals surface area contributed by atoms with E-state index in [1.165, 1.54) is 7.11 Å². The molecule has 2 amide bonds. The number of anilines is 2. The van der Waals surface area contributed by atoms with E-state index >= 15 is 0 Å². The number of hydrogen-bond donors (Lipinski definition) is 1. The van der Waals surface area contributed by atoms with Crippen LogP contribution in [0.2, 0.25) is 0 Å². The third-order valence-corrected chi connectivity index (χ3v) is 5.14. The number of nitrogens with zero attached hydrogens (tertiary/aromatic N) is 1. The Kier molecular flexibility index (Phi) is 5.81. The molecular formula is C25H22N2O5. The molecule has 3 aromatic carbocycles. The van der Waals surface area contributed by atoms with Crippen LogP contribution in [0, 0.1) is 0 Å². The highest BCUT2D eigenvalue weighted by atomic mass is 16.5. The zero-order chi connectivity index (χ0) is 22.7. The number of para-hydroxylation sites is 2. The number of carbonyl (C=O) groups is 2. The van der Waals surface area contributed by atoms with Crippen LogP contribution in [-0.4, -0.2) is 33.1 Å². The number of ether oxygens (including phenoxy) is 3. The number of carbonyl (C=O) groups excluding carboxylic acids is 2. The fourth-order valence-electron chi connectivity index (χ4n) is 3.54. The lowest BCUT2D eigenvalue weighted by Gasteiger charge is -2.16. The van der Waals surface area contributed by atoms with E-state index in [4.69, 9.17) is 14.2 Å². The van der Waals surface area contributed by atoms with E-state index in [2.05, 4.69) is 5.32 Å². The van der Waals surface area contributed by atoms with E-state index in [1.807, 2.05) is 12.1 Å². The van der Waals surface area contributed by atoms with Crippen LogP contribution in [0.15, 0.2) is 78.5 Å². The van der Waals surface area contributed by atoms with Crippen molar-refractivity contribution in [1.29, 1.82) is 0 Å². The van der Waals surface area contributed by atoms with E-state index in [0.29, 0.717) is 34.2 Å². The molecule has 0 radical (unpaired) electrons. The number of nitrogens with one attached hydrogen (secondary N) is 1. The molecule has 0 aliphatic carbocycles. The molecule has 0 aromatic heterocycles. The molecular weight excluding hydrogens is 408 g/mol. The minimum Gasteiger partial charge on any atom is -0.497 e. The largest absolute Gasteiger partial charge is 0.497 e. The van der Waals surface area contributed by atoms with E-state index in [1.54, 1.807) is 74.9 Å².